The van der Waals surface area contributed by atoms with Crippen LogP contribution in [-0.4, -0.2) is 20.6 Å². The molecule has 0 aromatic carbocycles. The number of aliphatic hydroxyl groups excluding tert-OH is 1. The van der Waals surface area contributed by atoms with Gasteiger partial charge in [0.1, 0.15) is 11.9 Å². The third-order valence-corrected chi connectivity index (χ3v) is 3.69. The summed E-state index contributed by atoms with van der Waals surface area (Å²) in [6, 6.07) is 0. The number of aliphatic hydroxyl groups is 1. The van der Waals surface area contributed by atoms with Gasteiger partial charge in [-0.3, -0.25) is 0 Å². The number of hydrogen-bond acceptors (Lipinski definition) is 2. The Morgan fingerprint density at radius 2 is 2.17 bits per heavy atom. The molecule has 1 aromatic heterocycles. The summed E-state index contributed by atoms with van der Waals surface area (Å²) in [4.78, 5) is 4.17. The second kappa shape index (κ2) is 5.34. The normalized spacial score (nSPS) is 22.0. The van der Waals surface area contributed by atoms with Gasteiger partial charge in [-0.2, -0.15) is 0 Å². The third kappa shape index (κ3) is 2.88. The van der Waals surface area contributed by atoms with Crippen molar-refractivity contribution in [2.24, 2.45) is 5.92 Å². The Bertz CT molecular complexity index is 382. The maximum atomic E-state index is 13.1. The lowest BCUT2D eigenvalue weighted by atomic mass is 9.83. The highest BCUT2D eigenvalue weighted by Gasteiger charge is 2.38. The van der Waals surface area contributed by atoms with Crippen molar-refractivity contribution in [3.05, 3.63) is 18.2 Å². The van der Waals surface area contributed by atoms with Crippen molar-refractivity contribution in [2.75, 3.05) is 0 Å². The minimum Gasteiger partial charge on any atom is -0.385 e. The van der Waals surface area contributed by atoms with Crippen LogP contribution >= 0.6 is 0 Å². The zero-order chi connectivity index (χ0) is 13.2. The fourth-order valence-corrected chi connectivity index (χ4v) is 2.61. The first-order valence-electron chi connectivity index (χ1n) is 6.60. The van der Waals surface area contributed by atoms with Crippen LogP contribution in [0.25, 0.3) is 0 Å². The molecule has 1 aliphatic rings. The highest BCUT2D eigenvalue weighted by molar-refractivity contribution is 4.99. The molecule has 1 unspecified atom stereocenters. The highest BCUT2D eigenvalue weighted by atomic mass is 19.3. The van der Waals surface area contributed by atoms with Gasteiger partial charge >= 0.3 is 0 Å². The first kappa shape index (κ1) is 13.5. The van der Waals surface area contributed by atoms with Gasteiger partial charge in [-0.1, -0.05) is 6.92 Å². The van der Waals surface area contributed by atoms with Crippen LogP contribution in [0.15, 0.2) is 12.4 Å². The molecule has 1 aliphatic carbocycles. The number of halogens is 2. The number of rotatable bonds is 4. The van der Waals surface area contributed by atoms with E-state index >= 15 is 0 Å². The van der Waals surface area contributed by atoms with Crippen molar-refractivity contribution in [2.45, 2.75) is 57.6 Å². The van der Waals surface area contributed by atoms with Crippen LogP contribution < -0.4 is 0 Å². The summed E-state index contributed by atoms with van der Waals surface area (Å²) in [6.45, 7) is 2.85. The highest BCUT2D eigenvalue weighted by Crippen LogP contribution is 2.40. The van der Waals surface area contributed by atoms with Crippen LogP contribution in [0.1, 0.15) is 51.0 Å². The molecule has 1 N–H and O–H groups in total. The van der Waals surface area contributed by atoms with Crippen molar-refractivity contribution in [3.8, 4) is 0 Å². The zero-order valence-electron chi connectivity index (χ0n) is 10.6. The zero-order valence-corrected chi connectivity index (χ0v) is 10.6. The van der Waals surface area contributed by atoms with E-state index in [4.69, 9.17) is 0 Å². The molecule has 1 heterocycles. The van der Waals surface area contributed by atoms with Gasteiger partial charge in [0.25, 0.3) is 0 Å². The summed E-state index contributed by atoms with van der Waals surface area (Å²) in [5, 5.41) is 10.3. The lowest BCUT2D eigenvalue weighted by Crippen LogP contribution is -2.28. The Kier molecular flexibility index (Phi) is 4.00. The van der Waals surface area contributed by atoms with Crippen LogP contribution in [-0.2, 0) is 6.54 Å². The molecule has 0 aliphatic heterocycles. The molecule has 102 valence electrons. The molecule has 0 bridgehead atoms. The number of alkyl halides is 2. The van der Waals surface area contributed by atoms with E-state index in [9.17, 15) is 13.9 Å². The first-order valence-corrected chi connectivity index (χ1v) is 6.60. The standard InChI is InChI=1S/C13H20F2N2O/c1-2-8-17-9-7-16-12(17)11(18)10-3-5-13(14,15)6-4-10/h7,9-11,18H,2-6,8H2,1H3. The van der Waals surface area contributed by atoms with E-state index in [2.05, 4.69) is 11.9 Å². The van der Waals surface area contributed by atoms with E-state index in [0.717, 1.165) is 13.0 Å². The number of aromatic nitrogens is 2. The maximum Gasteiger partial charge on any atom is 0.248 e. The van der Waals surface area contributed by atoms with Crippen molar-refractivity contribution in [3.63, 3.8) is 0 Å². The second-order valence-electron chi connectivity index (χ2n) is 5.12. The largest absolute Gasteiger partial charge is 0.385 e. The van der Waals surface area contributed by atoms with E-state index in [1.54, 1.807) is 6.20 Å². The molecule has 0 saturated heterocycles. The van der Waals surface area contributed by atoms with Crippen molar-refractivity contribution in [1.82, 2.24) is 9.55 Å². The van der Waals surface area contributed by atoms with Gasteiger partial charge in [0.05, 0.1) is 0 Å². The molecule has 1 atom stereocenters. The molecule has 1 aromatic rings. The summed E-state index contributed by atoms with van der Waals surface area (Å²) >= 11 is 0. The Hall–Kier alpha value is -0.970. The van der Waals surface area contributed by atoms with Gasteiger partial charge in [-0.25, -0.2) is 13.8 Å². The van der Waals surface area contributed by atoms with E-state index in [1.165, 1.54) is 0 Å². The monoisotopic (exact) mass is 258 g/mol. The van der Waals surface area contributed by atoms with Crippen molar-refractivity contribution >= 4 is 0 Å². The van der Waals surface area contributed by atoms with E-state index < -0.39 is 12.0 Å². The van der Waals surface area contributed by atoms with Crippen LogP contribution in [0.4, 0.5) is 8.78 Å². The van der Waals surface area contributed by atoms with Gasteiger partial charge in [-0.15, -0.1) is 0 Å². The fourth-order valence-electron chi connectivity index (χ4n) is 2.61. The molecule has 0 spiro atoms. The smallest absolute Gasteiger partial charge is 0.248 e. The SMILES string of the molecule is CCCn1ccnc1C(O)C1CCC(F)(F)CC1. The Morgan fingerprint density at radius 1 is 1.50 bits per heavy atom. The molecule has 0 radical (unpaired) electrons. The number of nitrogens with zero attached hydrogens (tertiary/aromatic N) is 2. The van der Waals surface area contributed by atoms with Gasteiger partial charge < -0.3 is 9.67 Å². The van der Waals surface area contributed by atoms with Crippen LogP contribution in [0.5, 0.6) is 0 Å². The van der Waals surface area contributed by atoms with E-state index in [0.29, 0.717) is 18.7 Å². The second-order valence-corrected chi connectivity index (χ2v) is 5.12. The van der Waals surface area contributed by atoms with Crippen molar-refractivity contribution < 1.29 is 13.9 Å². The topological polar surface area (TPSA) is 38.0 Å². The molecule has 18 heavy (non-hydrogen) atoms. The molecule has 0 amide bonds. The summed E-state index contributed by atoms with van der Waals surface area (Å²) in [5.74, 6) is -2.02. The maximum absolute atomic E-state index is 13.1. The van der Waals surface area contributed by atoms with E-state index in [1.807, 2.05) is 10.8 Å². The van der Waals surface area contributed by atoms with Gasteiger partial charge in [0.15, 0.2) is 0 Å². The average molecular weight is 258 g/mol. The van der Waals surface area contributed by atoms with Gasteiger partial charge in [-0.05, 0) is 25.2 Å². The molecule has 5 heteroatoms. The summed E-state index contributed by atoms with van der Waals surface area (Å²) in [7, 11) is 0. The molecular formula is C13H20F2N2O. The number of aryl methyl sites for hydroxylation is 1. The minimum atomic E-state index is -2.55. The molecular weight excluding hydrogens is 238 g/mol. The van der Waals surface area contributed by atoms with E-state index in [-0.39, 0.29) is 18.8 Å². The minimum absolute atomic E-state index is 0.0948. The number of imidazole rings is 1. The molecule has 1 saturated carbocycles. The summed E-state index contributed by atoms with van der Waals surface area (Å²) in [6.07, 6.45) is 4.22. The molecule has 1 fully saturated rings. The summed E-state index contributed by atoms with van der Waals surface area (Å²) < 4.78 is 28.1. The van der Waals surface area contributed by atoms with Crippen LogP contribution in [0.3, 0.4) is 0 Å². The average Bonchev–Trinajstić information content (AvgIpc) is 2.77. The van der Waals surface area contributed by atoms with Crippen LogP contribution in [0, 0.1) is 5.92 Å². The number of hydrogen-bond donors (Lipinski definition) is 1. The van der Waals surface area contributed by atoms with Gasteiger partial charge in [0, 0.05) is 31.8 Å². The molecule has 2 rings (SSSR count). The molecule has 3 nitrogen and oxygen atoms in total. The quantitative estimate of drug-likeness (QED) is 0.901. The Labute approximate surface area is 106 Å². The Balaban J connectivity index is 2.03. The van der Waals surface area contributed by atoms with Gasteiger partial charge in [0.2, 0.25) is 5.92 Å². The predicted octanol–water partition coefficient (Wildman–Crippen LogP) is 3.15. The third-order valence-electron chi connectivity index (χ3n) is 3.69. The lowest BCUT2D eigenvalue weighted by Gasteiger charge is -2.31. The fraction of sp³-hybridized carbons (Fsp3) is 0.769. The predicted molar refractivity (Wildman–Crippen MR) is 64.4 cm³/mol. The van der Waals surface area contributed by atoms with Crippen LogP contribution in [0.2, 0.25) is 0 Å². The Morgan fingerprint density at radius 3 is 2.78 bits per heavy atom. The summed E-state index contributed by atoms with van der Waals surface area (Å²) in [5.41, 5.74) is 0. The first-order chi connectivity index (χ1) is 8.53. The lowest BCUT2D eigenvalue weighted by molar-refractivity contribution is -0.0641. The van der Waals surface area contributed by atoms with Crippen molar-refractivity contribution in [1.29, 1.82) is 0 Å².